The van der Waals surface area contributed by atoms with Gasteiger partial charge >= 0.3 is 0 Å². The number of halogens is 1. The van der Waals surface area contributed by atoms with Gasteiger partial charge < -0.3 is 15.4 Å². The number of benzene rings is 1. The summed E-state index contributed by atoms with van der Waals surface area (Å²) in [6.45, 7) is 4.38. The molecule has 27 heavy (non-hydrogen) atoms. The lowest BCUT2D eigenvalue weighted by Crippen LogP contribution is -2.47. The molecule has 1 aromatic rings. The Morgan fingerprint density at radius 1 is 1.11 bits per heavy atom. The number of hydrogen-bond acceptors (Lipinski definition) is 3. The van der Waals surface area contributed by atoms with Crippen molar-refractivity contribution < 1.29 is 4.74 Å². The van der Waals surface area contributed by atoms with Gasteiger partial charge in [0.2, 0.25) is 0 Å². The number of nitrogens with zero attached hydrogens (tertiary/aromatic N) is 2. The van der Waals surface area contributed by atoms with Crippen molar-refractivity contribution in [3.8, 4) is 0 Å². The van der Waals surface area contributed by atoms with Crippen molar-refractivity contribution in [2.75, 3.05) is 20.1 Å². The fourth-order valence-electron chi connectivity index (χ4n) is 4.48. The fourth-order valence-corrected chi connectivity index (χ4v) is 4.48. The minimum absolute atomic E-state index is 0. The molecule has 2 N–H and O–H groups in total. The van der Waals surface area contributed by atoms with Gasteiger partial charge in [-0.25, -0.2) is 0 Å². The van der Waals surface area contributed by atoms with Gasteiger partial charge in [0.05, 0.1) is 18.2 Å². The third-order valence-corrected chi connectivity index (χ3v) is 5.99. The van der Waals surface area contributed by atoms with Crippen molar-refractivity contribution in [1.82, 2.24) is 15.5 Å². The minimum atomic E-state index is 0. The average molecular weight is 484 g/mol. The molecule has 3 atom stereocenters. The van der Waals surface area contributed by atoms with Gasteiger partial charge in [-0.05, 0) is 56.3 Å². The number of likely N-dealkylation sites (tertiary alicyclic amines) is 1. The lowest BCUT2D eigenvalue weighted by Gasteiger charge is -2.26. The second-order valence-electron chi connectivity index (χ2n) is 7.94. The van der Waals surface area contributed by atoms with Crippen LogP contribution in [0.3, 0.4) is 0 Å². The predicted octanol–water partition coefficient (Wildman–Crippen LogP) is 3.28. The normalized spacial score (nSPS) is 28.0. The Morgan fingerprint density at radius 2 is 1.85 bits per heavy atom. The van der Waals surface area contributed by atoms with Crippen LogP contribution in [0.15, 0.2) is 29.3 Å². The molecular weight excluding hydrogens is 451 g/mol. The zero-order valence-electron chi connectivity index (χ0n) is 16.3. The van der Waals surface area contributed by atoms with Crippen LogP contribution in [0.1, 0.15) is 49.7 Å². The number of nitrogens with one attached hydrogen (secondary N) is 2. The molecule has 0 radical (unpaired) electrons. The highest BCUT2D eigenvalue weighted by molar-refractivity contribution is 14.0. The zero-order chi connectivity index (χ0) is 17.8. The van der Waals surface area contributed by atoms with Crippen LogP contribution in [0.4, 0.5) is 0 Å². The first-order valence-corrected chi connectivity index (χ1v) is 10.2. The second kappa shape index (κ2) is 10.1. The maximum Gasteiger partial charge on any atom is 0.191 e. The largest absolute Gasteiger partial charge is 0.373 e. The Bertz CT molecular complexity index is 615. The van der Waals surface area contributed by atoms with E-state index >= 15 is 0 Å². The highest BCUT2D eigenvalue weighted by Crippen LogP contribution is 2.34. The van der Waals surface area contributed by atoms with Crippen molar-refractivity contribution >= 4 is 29.9 Å². The first-order valence-electron chi connectivity index (χ1n) is 10.2. The average Bonchev–Trinajstić information content (AvgIpc) is 3.30. The molecular formula is C21H33IN4O. The van der Waals surface area contributed by atoms with Crippen LogP contribution in [0, 0.1) is 0 Å². The van der Waals surface area contributed by atoms with E-state index < -0.39 is 0 Å². The molecule has 3 aliphatic rings. The standard InChI is InChI=1S/C21H32N4O.HI/c1-22-21(24-19-13-18-9-10-20(19)26-18)23-14-16-5-7-17(8-6-16)15-25-11-3-2-4-12-25;/h5-8,18-20H,2-4,9-15H2,1H3,(H2,22,23,24);1H. The quantitative estimate of drug-likeness (QED) is 0.383. The van der Waals surface area contributed by atoms with E-state index in [0.29, 0.717) is 18.2 Å². The van der Waals surface area contributed by atoms with Gasteiger partial charge in [0.1, 0.15) is 0 Å². The molecule has 0 aromatic heterocycles. The predicted molar refractivity (Wildman–Crippen MR) is 121 cm³/mol. The summed E-state index contributed by atoms with van der Waals surface area (Å²) in [5.74, 6) is 0.878. The summed E-state index contributed by atoms with van der Waals surface area (Å²) < 4.78 is 5.92. The van der Waals surface area contributed by atoms with Gasteiger partial charge in [0.15, 0.2) is 5.96 Å². The molecule has 0 saturated carbocycles. The van der Waals surface area contributed by atoms with E-state index in [-0.39, 0.29) is 24.0 Å². The van der Waals surface area contributed by atoms with Crippen LogP contribution in [0.25, 0.3) is 0 Å². The topological polar surface area (TPSA) is 48.9 Å². The third kappa shape index (κ3) is 5.57. The van der Waals surface area contributed by atoms with Gasteiger partial charge in [-0.15, -0.1) is 24.0 Å². The number of ether oxygens (including phenoxy) is 1. The van der Waals surface area contributed by atoms with E-state index in [9.17, 15) is 0 Å². The molecule has 3 unspecified atom stereocenters. The number of aliphatic imine (C=N–C) groups is 1. The lowest BCUT2D eigenvalue weighted by atomic mass is 9.96. The van der Waals surface area contributed by atoms with Gasteiger partial charge in [0.25, 0.3) is 0 Å². The zero-order valence-corrected chi connectivity index (χ0v) is 18.7. The smallest absolute Gasteiger partial charge is 0.191 e. The molecule has 3 heterocycles. The van der Waals surface area contributed by atoms with E-state index in [4.69, 9.17) is 4.74 Å². The summed E-state index contributed by atoms with van der Waals surface area (Å²) in [5.41, 5.74) is 2.71. The molecule has 0 aliphatic carbocycles. The van der Waals surface area contributed by atoms with Crippen LogP contribution in [0.2, 0.25) is 0 Å². The Morgan fingerprint density at radius 3 is 2.48 bits per heavy atom. The van der Waals surface area contributed by atoms with E-state index in [1.54, 1.807) is 0 Å². The van der Waals surface area contributed by atoms with Crippen molar-refractivity contribution in [3.63, 3.8) is 0 Å². The first-order chi connectivity index (χ1) is 12.8. The summed E-state index contributed by atoms with van der Waals surface area (Å²) in [5, 5.41) is 6.99. The number of piperidine rings is 1. The van der Waals surface area contributed by atoms with E-state index in [2.05, 4.69) is 44.8 Å². The molecule has 1 aromatic carbocycles. The van der Waals surface area contributed by atoms with Crippen molar-refractivity contribution in [3.05, 3.63) is 35.4 Å². The molecule has 3 fully saturated rings. The van der Waals surface area contributed by atoms with Gasteiger partial charge in [-0.3, -0.25) is 9.89 Å². The highest BCUT2D eigenvalue weighted by Gasteiger charge is 2.41. The Labute approximate surface area is 180 Å². The third-order valence-electron chi connectivity index (χ3n) is 5.99. The molecule has 0 amide bonds. The van der Waals surface area contributed by atoms with Crippen LogP contribution >= 0.6 is 24.0 Å². The van der Waals surface area contributed by atoms with E-state index in [1.807, 2.05) is 7.05 Å². The van der Waals surface area contributed by atoms with Crippen molar-refractivity contribution in [1.29, 1.82) is 0 Å². The maximum atomic E-state index is 5.92. The Balaban J connectivity index is 0.00000210. The van der Waals surface area contributed by atoms with Crippen LogP contribution < -0.4 is 10.6 Å². The monoisotopic (exact) mass is 484 g/mol. The molecule has 0 spiro atoms. The number of hydrogen-bond donors (Lipinski definition) is 2. The van der Waals surface area contributed by atoms with Crippen LogP contribution in [-0.4, -0.2) is 49.2 Å². The van der Waals surface area contributed by atoms with Crippen LogP contribution in [-0.2, 0) is 17.8 Å². The molecule has 3 saturated heterocycles. The van der Waals surface area contributed by atoms with E-state index in [0.717, 1.165) is 25.5 Å². The number of fused-ring (bicyclic) bond motifs is 2. The first kappa shape index (κ1) is 20.9. The SMILES string of the molecule is CN=C(NCc1ccc(CN2CCCCC2)cc1)NC1CC2CCC1O2.I. The minimum Gasteiger partial charge on any atom is -0.373 e. The summed E-state index contributed by atoms with van der Waals surface area (Å²) in [6, 6.07) is 9.42. The molecule has 3 aliphatic heterocycles. The second-order valence-corrected chi connectivity index (χ2v) is 7.94. The lowest BCUT2D eigenvalue weighted by molar-refractivity contribution is 0.0992. The fraction of sp³-hybridized carbons (Fsp3) is 0.667. The Kier molecular flexibility index (Phi) is 7.78. The molecule has 4 rings (SSSR count). The molecule has 2 bridgehead atoms. The van der Waals surface area contributed by atoms with Crippen molar-refractivity contribution in [2.45, 2.75) is 69.9 Å². The summed E-state index contributed by atoms with van der Waals surface area (Å²) in [6.07, 6.45) is 8.43. The van der Waals surface area contributed by atoms with Gasteiger partial charge in [-0.2, -0.15) is 0 Å². The Hall–Kier alpha value is -0.860. The molecule has 5 nitrogen and oxygen atoms in total. The number of rotatable bonds is 5. The van der Waals surface area contributed by atoms with Crippen LogP contribution in [0.5, 0.6) is 0 Å². The summed E-state index contributed by atoms with van der Waals surface area (Å²) >= 11 is 0. The van der Waals surface area contributed by atoms with Gasteiger partial charge in [-0.1, -0.05) is 30.7 Å². The highest BCUT2D eigenvalue weighted by atomic mass is 127. The number of guanidine groups is 1. The molecule has 6 heteroatoms. The van der Waals surface area contributed by atoms with E-state index in [1.165, 1.54) is 56.3 Å². The summed E-state index contributed by atoms with van der Waals surface area (Å²) in [4.78, 5) is 6.95. The molecule has 150 valence electrons. The van der Waals surface area contributed by atoms with Gasteiger partial charge in [0, 0.05) is 20.1 Å². The summed E-state index contributed by atoms with van der Waals surface area (Å²) in [7, 11) is 1.84. The maximum absolute atomic E-state index is 5.92. The van der Waals surface area contributed by atoms with Crippen molar-refractivity contribution in [2.24, 2.45) is 4.99 Å².